The normalized spacial score (nSPS) is 35.6. The quantitative estimate of drug-likeness (QED) is 0.684. The summed E-state index contributed by atoms with van der Waals surface area (Å²) >= 11 is 0. The Hall–Kier alpha value is -1.24. The molecule has 4 atom stereocenters. The molecular formula is C15H18O. The summed E-state index contributed by atoms with van der Waals surface area (Å²) in [6.07, 6.45) is 6.38. The Morgan fingerprint density at radius 1 is 1.06 bits per heavy atom. The number of aryl methyl sites for hydroxylation is 1. The van der Waals surface area contributed by atoms with Gasteiger partial charge in [-0.1, -0.05) is 36.8 Å². The number of rotatable bonds is 2. The SMILES string of the molecule is Cc1ccc(O[C@@H]2[C@H](C)[C@H]3C=C[C@@H]2C3)cc1. The second kappa shape index (κ2) is 3.65. The number of ether oxygens (including phenoxy) is 1. The monoisotopic (exact) mass is 214 g/mol. The van der Waals surface area contributed by atoms with Crippen LogP contribution in [0.3, 0.4) is 0 Å². The average molecular weight is 214 g/mol. The van der Waals surface area contributed by atoms with Crippen molar-refractivity contribution in [1.82, 2.24) is 0 Å². The van der Waals surface area contributed by atoms with Gasteiger partial charge in [0.15, 0.2) is 0 Å². The van der Waals surface area contributed by atoms with E-state index in [0.29, 0.717) is 17.9 Å². The minimum Gasteiger partial charge on any atom is -0.490 e. The highest BCUT2D eigenvalue weighted by Gasteiger charge is 2.43. The van der Waals surface area contributed by atoms with Crippen LogP contribution >= 0.6 is 0 Å². The van der Waals surface area contributed by atoms with E-state index < -0.39 is 0 Å². The van der Waals surface area contributed by atoms with Gasteiger partial charge in [-0.05, 0) is 37.3 Å². The first-order chi connectivity index (χ1) is 7.74. The maximum atomic E-state index is 6.13. The maximum absolute atomic E-state index is 6.13. The van der Waals surface area contributed by atoms with E-state index in [4.69, 9.17) is 4.74 Å². The van der Waals surface area contributed by atoms with Crippen LogP contribution in [0.15, 0.2) is 36.4 Å². The van der Waals surface area contributed by atoms with Crippen molar-refractivity contribution in [2.24, 2.45) is 17.8 Å². The number of hydrogen-bond acceptors (Lipinski definition) is 1. The van der Waals surface area contributed by atoms with Gasteiger partial charge in [0.1, 0.15) is 11.9 Å². The predicted octanol–water partition coefficient (Wildman–Crippen LogP) is 3.58. The second-order valence-electron chi connectivity index (χ2n) is 5.20. The van der Waals surface area contributed by atoms with Gasteiger partial charge in [0.2, 0.25) is 0 Å². The molecule has 1 aromatic carbocycles. The van der Waals surface area contributed by atoms with Gasteiger partial charge < -0.3 is 4.74 Å². The Morgan fingerprint density at radius 2 is 1.75 bits per heavy atom. The van der Waals surface area contributed by atoms with Crippen molar-refractivity contribution in [2.75, 3.05) is 0 Å². The van der Waals surface area contributed by atoms with Crippen LogP contribution in [0.1, 0.15) is 18.9 Å². The zero-order chi connectivity index (χ0) is 11.1. The Labute approximate surface area is 97.1 Å². The summed E-state index contributed by atoms with van der Waals surface area (Å²) in [5.74, 6) is 3.07. The summed E-state index contributed by atoms with van der Waals surface area (Å²) in [6.45, 7) is 4.42. The molecule has 84 valence electrons. The molecule has 2 aliphatic rings. The molecule has 3 rings (SSSR count). The highest BCUT2D eigenvalue weighted by Crippen LogP contribution is 2.45. The predicted molar refractivity (Wildman–Crippen MR) is 65.5 cm³/mol. The minimum atomic E-state index is 0.387. The molecule has 0 unspecified atom stereocenters. The molecule has 0 heterocycles. The van der Waals surface area contributed by atoms with E-state index in [1.807, 2.05) is 0 Å². The Balaban J connectivity index is 1.76. The summed E-state index contributed by atoms with van der Waals surface area (Å²) in [6, 6.07) is 8.39. The topological polar surface area (TPSA) is 9.23 Å². The van der Waals surface area contributed by atoms with E-state index >= 15 is 0 Å². The van der Waals surface area contributed by atoms with Gasteiger partial charge in [0.05, 0.1) is 0 Å². The standard InChI is InChI=1S/C15H18O/c1-10-3-7-14(8-4-10)16-15-11(2)12-5-6-13(15)9-12/h3-8,11-13,15H,9H2,1-2H3/t11-,12+,13-,15-/m1/s1. The average Bonchev–Trinajstić information content (AvgIpc) is 2.85. The molecule has 1 heteroatoms. The van der Waals surface area contributed by atoms with Gasteiger partial charge >= 0.3 is 0 Å². The smallest absolute Gasteiger partial charge is 0.119 e. The summed E-state index contributed by atoms with van der Waals surface area (Å²) < 4.78 is 6.13. The van der Waals surface area contributed by atoms with Gasteiger partial charge in [-0.2, -0.15) is 0 Å². The molecule has 2 bridgehead atoms. The van der Waals surface area contributed by atoms with Gasteiger partial charge in [0, 0.05) is 5.92 Å². The molecule has 0 aromatic heterocycles. The zero-order valence-corrected chi connectivity index (χ0v) is 9.89. The van der Waals surface area contributed by atoms with E-state index in [1.165, 1.54) is 12.0 Å². The molecule has 1 aromatic rings. The van der Waals surface area contributed by atoms with Crippen molar-refractivity contribution < 1.29 is 4.74 Å². The first-order valence-corrected chi connectivity index (χ1v) is 6.16. The summed E-state index contributed by atoms with van der Waals surface area (Å²) in [4.78, 5) is 0. The Kier molecular flexibility index (Phi) is 2.27. The van der Waals surface area contributed by atoms with Gasteiger partial charge in [-0.3, -0.25) is 0 Å². The van der Waals surface area contributed by atoms with Gasteiger partial charge in [0.25, 0.3) is 0 Å². The van der Waals surface area contributed by atoms with Gasteiger partial charge in [-0.15, -0.1) is 0 Å². The van der Waals surface area contributed by atoms with E-state index in [9.17, 15) is 0 Å². The third-order valence-electron chi connectivity index (χ3n) is 4.06. The minimum absolute atomic E-state index is 0.387. The van der Waals surface area contributed by atoms with Crippen LogP contribution in [0.4, 0.5) is 0 Å². The zero-order valence-electron chi connectivity index (χ0n) is 9.89. The molecule has 16 heavy (non-hydrogen) atoms. The molecule has 0 saturated heterocycles. The van der Waals surface area contributed by atoms with Crippen molar-refractivity contribution in [2.45, 2.75) is 26.4 Å². The van der Waals surface area contributed by atoms with Crippen LogP contribution in [0, 0.1) is 24.7 Å². The van der Waals surface area contributed by atoms with Crippen LogP contribution in [0.25, 0.3) is 0 Å². The van der Waals surface area contributed by atoms with Crippen LogP contribution in [0.5, 0.6) is 5.75 Å². The largest absolute Gasteiger partial charge is 0.490 e. The molecule has 0 N–H and O–H groups in total. The van der Waals surface area contributed by atoms with Crippen LogP contribution in [0.2, 0.25) is 0 Å². The summed E-state index contributed by atoms with van der Waals surface area (Å²) in [7, 11) is 0. The van der Waals surface area contributed by atoms with Crippen molar-refractivity contribution in [1.29, 1.82) is 0 Å². The Bertz CT molecular complexity index is 404. The van der Waals surface area contributed by atoms with Gasteiger partial charge in [-0.25, -0.2) is 0 Å². The lowest BCUT2D eigenvalue weighted by molar-refractivity contribution is 0.130. The van der Waals surface area contributed by atoms with Crippen LogP contribution in [-0.4, -0.2) is 6.10 Å². The highest BCUT2D eigenvalue weighted by atomic mass is 16.5. The van der Waals surface area contributed by atoms with E-state index in [1.54, 1.807) is 0 Å². The van der Waals surface area contributed by atoms with Crippen molar-refractivity contribution in [3.8, 4) is 5.75 Å². The van der Waals surface area contributed by atoms with Crippen LogP contribution in [-0.2, 0) is 0 Å². The number of allylic oxidation sites excluding steroid dienone is 1. The maximum Gasteiger partial charge on any atom is 0.119 e. The van der Waals surface area contributed by atoms with Crippen molar-refractivity contribution in [3.05, 3.63) is 42.0 Å². The summed E-state index contributed by atoms with van der Waals surface area (Å²) in [5.41, 5.74) is 1.29. The molecule has 1 nitrogen and oxygen atoms in total. The van der Waals surface area contributed by atoms with E-state index in [-0.39, 0.29) is 0 Å². The van der Waals surface area contributed by atoms with Crippen LogP contribution < -0.4 is 4.74 Å². The molecule has 0 radical (unpaired) electrons. The van der Waals surface area contributed by atoms with Crippen molar-refractivity contribution in [3.63, 3.8) is 0 Å². The summed E-state index contributed by atoms with van der Waals surface area (Å²) in [5, 5.41) is 0. The molecule has 2 aliphatic carbocycles. The lowest BCUT2D eigenvalue weighted by Crippen LogP contribution is -2.28. The molecular weight excluding hydrogens is 196 g/mol. The highest BCUT2D eigenvalue weighted by molar-refractivity contribution is 5.27. The fourth-order valence-electron chi connectivity index (χ4n) is 2.99. The molecule has 0 spiro atoms. The third kappa shape index (κ3) is 1.55. The number of fused-ring (bicyclic) bond motifs is 2. The fraction of sp³-hybridized carbons (Fsp3) is 0.467. The lowest BCUT2D eigenvalue weighted by atomic mass is 9.93. The second-order valence-corrected chi connectivity index (χ2v) is 5.20. The fourth-order valence-corrected chi connectivity index (χ4v) is 2.99. The first kappa shape index (κ1) is 9.95. The Morgan fingerprint density at radius 3 is 2.38 bits per heavy atom. The van der Waals surface area contributed by atoms with E-state index in [0.717, 1.165) is 11.7 Å². The molecule has 1 fully saturated rings. The number of benzene rings is 1. The number of hydrogen-bond donors (Lipinski definition) is 0. The molecule has 0 aliphatic heterocycles. The lowest BCUT2D eigenvalue weighted by Gasteiger charge is -2.25. The first-order valence-electron chi connectivity index (χ1n) is 6.16. The molecule has 1 saturated carbocycles. The third-order valence-corrected chi connectivity index (χ3v) is 4.06. The van der Waals surface area contributed by atoms with E-state index in [2.05, 4.69) is 50.3 Å². The molecule has 0 amide bonds. The van der Waals surface area contributed by atoms with Crippen molar-refractivity contribution >= 4 is 0 Å².